The van der Waals surface area contributed by atoms with Crippen molar-refractivity contribution < 1.29 is 4.74 Å². The van der Waals surface area contributed by atoms with Crippen molar-refractivity contribution in [2.75, 3.05) is 7.11 Å². The van der Waals surface area contributed by atoms with E-state index in [0.29, 0.717) is 5.92 Å². The van der Waals surface area contributed by atoms with Crippen LogP contribution in [0.25, 0.3) is 0 Å². The van der Waals surface area contributed by atoms with Gasteiger partial charge in [-0.05, 0) is 49.2 Å². The molecule has 4 rings (SSSR count). The summed E-state index contributed by atoms with van der Waals surface area (Å²) in [6.45, 7) is 0. The fraction of sp³-hybridized carbons (Fsp3) is 0.750. The van der Waals surface area contributed by atoms with E-state index in [2.05, 4.69) is 6.08 Å². The maximum Gasteiger partial charge on any atom is 0.164 e. The summed E-state index contributed by atoms with van der Waals surface area (Å²) in [5.41, 5.74) is 3.28. The molecule has 2 bridgehead atoms. The van der Waals surface area contributed by atoms with Crippen LogP contribution in [0.2, 0.25) is 0 Å². The number of rotatable bonds is 1. The highest BCUT2D eigenvalue weighted by molar-refractivity contribution is 6.51. The Labute approximate surface area is 135 Å². The van der Waals surface area contributed by atoms with Crippen molar-refractivity contribution in [3.8, 4) is 0 Å². The molecule has 20 heavy (non-hydrogen) atoms. The highest BCUT2D eigenvalue weighted by Crippen LogP contribution is 2.77. The lowest BCUT2D eigenvalue weighted by atomic mass is 9.78. The van der Waals surface area contributed by atoms with Crippen LogP contribution in [0, 0.1) is 17.3 Å². The first kappa shape index (κ1) is 13.9. The molecule has 0 unspecified atom stereocenters. The summed E-state index contributed by atoms with van der Waals surface area (Å²) in [5, 5.41) is 0. The normalized spacial score (nSPS) is 50.2. The third-order valence-corrected chi connectivity index (χ3v) is 7.87. The number of hydrogen-bond donors (Lipinski definition) is 0. The minimum absolute atomic E-state index is 0.146. The zero-order chi connectivity index (χ0) is 14.2. The summed E-state index contributed by atoms with van der Waals surface area (Å²) >= 11 is 19.9. The van der Waals surface area contributed by atoms with Gasteiger partial charge in [0.2, 0.25) is 0 Å². The first-order valence-corrected chi connectivity index (χ1v) is 8.67. The molecule has 110 valence electrons. The Hall–Kier alpha value is 0.310. The van der Waals surface area contributed by atoms with Gasteiger partial charge in [0.25, 0.3) is 0 Å². The zero-order valence-electron chi connectivity index (χ0n) is 11.6. The molecule has 1 nitrogen and oxygen atoms in total. The number of fused-ring (bicyclic) bond motifs is 3. The van der Waals surface area contributed by atoms with Crippen molar-refractivity contribution in [1.29, 1.82) is 0 Å². The second-order valence-corrected chi connectivity index (χ2v) is 8.41. The fourth-order valence-corrected chi connectivity index (χ4v) is 6.73. The molecule has 0 aromatic carbocycles. The largest absolute Gasteiger partial charge is 0.366 e. The molecule has 0 amide bonds. The number of halogens is 3. The lowest BCUT2D eigenvalue weighted by Crippen LogP contribution is -2.45. The van der Waals surface area contributed by atoms with Crippen molar-refractivity contribution in [1.82, 2.24) is 0 Å². The Morgan fingerprint density at radius 2 is 2.05 bits per heavy atom. The van der Waals surface area contributed by atoms with Gasteiger partial charge >= 0.3 is 0 Å². The monoisotopic (exact) mass is 332 g/mol. The highest BCUT2D eigenvalue weighted by Gasteiger charge is 2.77. The van der Waals surface area contributed by atoms with Crippen molar-refractivity contribution in [2.24, 2.45) is 17.3 Å². The van der Waals surface area contributed by atoms with Gasteiger partial charge in [-0.2, -0.15) is 0 Å². The molecule has 3 fully saturated rings. The number of methoxy groups -OCH3 is 1. The molecule has 4 heteroatoms. The Morgan fingerprint density at radius 1 is 1.30 bits per heavy atom. The third kappa shape index (κ3) is 1.29. The molecule has 0 saturated heterocycles. The van der Waals surface area contributed by atoms with Gasteiger partial charge in [-0.25, -0.2) is 0 Å². The van der Waals surface area contributed by atoms with E-state index < -0.39 is 9.93 Å². The van der Waals surface area contributed by atoms with Crippen LogP contribution < -0.4 is 0 Å². The van der Waals surface area contributed by atoms with Crippen LogP contribution in [0.5, 0.6) is 0 Å². The lowest BCUT2D eigenvalue weighted by Gasteiger charge is -2.37. The number of hydrogen-bond acceptors (Lipinski definition) is 1. The van der Waals surface area contributed by atoms with Crippen molar-refractivity contribution in [3.63, 3.8) is 0 Å². The van der Waals surface area contributed by atoms with Crippen LogP contribution in [-0.2, 0) is 4.74 Å². The number of ether oxygens (including phenoxy) is 1. The Bertz CT molecular complexity index is 524. The molecule has 4 aliphatic rings. The van der Waals surface area contributed by atoms with E-state index in [1.807, 2.05) is 0 Å². The molecular weight excluding hydrogens is 315 g/mol. The molecule has 0 aromatic heterocycles. The molecule has 0 aromatic rings. The molecule has 0 radical (unpaired) electrons. The first-order valence-electron chi connectivity index (χ1n) is 7.48. The zero-order valence-corrected chi connectivity index (χ0v) is 13.9. The standard InChI is InChI=1S/C16H19Cl3O/c1-20-15-8-13-12-5-3-2-4-10(12)6-14(13,16(15,18)19)7-11(15)9-17/h8-10,12H,2-7H2,1H3/b11-9+/t10-,12-,14+,15-/m1/s1. The third-order valence-electron chi connectivity index (χ3n) is 6.32. The molecule has 4 atom stereocenters. The minimum Gasteiger partial charge on any atom is -0.366 e. The van der Waals surface area contributed by atoms with Crippen LogP contribution in [0.4, 0.5) is 0 Å². The first-order chi connectivity index (χ1) is 9.52. The average Bonchev–Trinajstić information content (AvgIpc) is 2.95. The van der Waals surface area contributed by atoms with E-state index in [9.17, 15) is 0 Å². The van der Waals surface area contributed by atoms with Crippen molar-refractivity contribution in [2.45, 2.75) is 48.5 Å². The second-order valence-electron chi connectivity index (χ2n) is 6.86. The fourth-order valence-electron chi connectivity index (χ4n) is 5.48. The Balaban J connectivity index is 1.90. The van der Waals surface area contributed by atoms with Gasteiger partial charge in [0.05, 0.1) is 0 Å². The van der Waals surface area contributed by atoms with E-state index in [4.69, 9.17) is 39.5 Å². The predicted molar refractivity (Wildman–Crippen MR) is 83.3 cm³/mol. The van der Waals surface area contributed by atoms with Gasteiger partial charge in [0.15, 0.2) is 4.33 Å². The van der Waals surface area contributed by atoms with Crippen LogP contribution in [0.15, 0.2) is 22.8 Å². The number of allylic oxidation sites excluding steroid dienone is 1. The Kier molecular flexibility index (Phi) is 2.92. The summed E-state index contributed by atoms with van der Waals surface area (Å²) in [6, 6.07) is 0. The van der Waals surface area contributed by atoms with Gasteiger partial charge in [0, 0.05) is 18.1 Å². The predicted octanol–water partition coefficient (Wildman–Crippen LogP) is 5.21. The molecule has 0 N–H and O–H groups in total. The summed E-state index contributed by atoms with van der Waals surface area (Å²) in [5.74, 6) is 1.41. The minimum atomic E-state index is -0.915. The second kappa shape index (κ2) is 4.19. The smallest absolute Gasteiger partial charge is 0.164 e. The summed E-state index contributed by atoms with van der Waals surface area (Å²) in [7, 11) is 1.69. The van der Waals surface area contributed by atoms with Crippen LogP contribution in [0.1, 0.15) is 38.5 Å². The quantitative estimate of drug-likeness (QED) is 0.473. The average molecular weight is 334 g/mol. The van der Waals surface area contributed by atoms with Gasteiger partial charge in [-0.15, -0.1) is 0 Å². The lowest BCUT2D eigenvalue weighted by molar-refractivity contribution is 0.0562. The van der Waals surface area contributed by atoms with Gasteiger partial charge < -0.3 is 4.74 Å². The summed E-state index contributed by atoms with van der Waals surface area (Å²) in [6.07, 6.45) is 9.43. The van der Waals surface area contributed by atoms with Crippen LogP contribution in [0.3, 0.4) is 0 Å². The topological polar surface area (TPSA) is 9.23 Å². The highest BCUT2D eigenvalue weighted by atomic mass is 35.5. The molecule has 1 spiro atoms. The van der Waals surface area contributed by atoms with E-state index in [1.165, 1.54) is 31.3 Å². The maximum absolute atomic E-state index is 6.91. The summed E-state index contributed by atoms with van der Waals surface area (Å²) < 4.78 is 4.91. The van der Waals surface area contributed by atoms with E-state index >= 15 is 0 Å². The molecule has 0 heterocycles. The SMILES string of the molecule is CO[C@]12C=C3[C@@H]4CCCC[C@@H]4C[C@@]3(C/C1=C\Cl)C2(Cl)Cl. The molecule has 0 aliphatic heterocycles. The van der Waals surface area contributed by atoms with E-state index in [1.54, 1.807) is 12.6 Å². The van der Waals surface area contributed by atoms with Gasteiger partial charge in [-0.1, -0.05) is 53.2 Å². The molecular formula is C16H19Cl3O. The number of alkyl halides is 2. The van der Waals surface area contributed by atoms with E-state index in [0.717, 1.165) is 24.3 Å². The van der Waals surface area contributed by atoms with Gasteiger partial charge in [-0.3, -0.25) is 0 Å². The van der Waals surface area contributed by atoms with Crippen LogP contribution >= 0.6 is 34.8 Å². The van der Waals surface area contributed by atoms with E-state index in [-0.39, 0.29) is 5.41 Å². The molecule has 3 saturated carbocycles. The van der Waals surface area contributed by atoms with Gasteiger partial charge in [0.1, 0.15) is 5.60 Å². The summed E-state index contributed by atoms with van der Waals surface area (Å²) in [4.78, 5) is 0. The maximum atomic E-state index is 6.91. The van der Waals surface area contributed by atoms with Crippen molar-refractivity contribution >= 4 is 34.8 Å². The molecule has 4 aliphatic carbocycles. The van der Waals surface area contributed by atoms with Crippen molar-refractivity contribution in [3.05, 3.63) is 22.8 Å². The van der Waals surface area contributed by atoms with Crippen LogP contribution in [-0.4, -0.2) is 17.0 Å². The Morgan fingerprint density at radius 3 is 2.75 bits per heavy atom.